The first kappa shape index (κ1) is 12.9. The zero-order chi connectivity index (χ0) is 13.2. The number of nitro groups is 2. The average molecular weight is 240 g/mol. The van der Waals surface area contributed by atoms with Crippen LogP contribution in [0.5, 0.6) is 5.75 Å². The van der Waals surface area contributed by atoms with E-state index in [0.29, 0.717) is 0 Å². The van der Waals surface area contributed by atoms with Gasteiger partial charge >= 0.3 is 5.69 Å². The van der Waals surface area contributed by atoms with E-state index in [1.54, 1.807) is 13.8 Å². The van der Waals surface area contributed by atoms with Crippen molar-refractivity contribution in [3.05, 3.63) is 44.0 Å². The van der Waals surface area contributed by atoms with Crippen molar-refractivity contribution in [2.45, 2.75) is 19.9 Å². The highest BCUT2D eigenvalue weighted by atomic mass is 16.6. The molecule has 0 aliphatic rings. The molecule has 1 rings (SSSR count). The second kappa shape index (κ2) is 4.77. The van der Waals surface area contributed by atoms with E-state index in [1.807, 2.05) is 0 Å². The van der Waals surface area contributed by atoms with E-state index in [-0.39, 0.29) is 5.56 Å². The van der Waals surface area contributed by atoms with Crippen LogP contribution >= 0.6 is 0 Å². The Kier molecular flexibility index (Phi) is 3.62. The molecule has 0 saturated carbocycles. The van der Waals surface area contributed by atoms with Crippen LogP contribution in [0.3, 0.4) is 0 Å². The van der Waals surface area contributed by atoms with E-state index in [0.717, 1.165) is 6.07 Å². The molecule has 0 spiro atoms. The molecule has 0 radical (unpaired) electrons. The molecule has 92 valence electrons. The molecule has 0 heterocycles. The molecule has 1 N–H and O–H groups in total. The number of aromatic hydroxyl groups is 1. The number of para-hydroxylation sites is 1. The third kappa shape index (κ3) is 2.49. The molecule has 0 aliphatic heterocycles. The van der Waals surface area contributed by atoms with Crippen LogP contribution in [-0.4, -0.2) is 15.0 Å². The highest BCUT2D eigenvalue weighted by Crippen LogP contribution is 2.37. The Labute approximate surface area is 97.0 Å². The fourth-order valence-electron chi connectivity index (χ4n) is 1.70. The summed E-state index contributed by atoms with van der Waals surface area (Å²) >= 11 is 0. The second-order valence-corrected chi connectivity index (χ2v) is 3.95. The van der Waals surface area contributed by atoms with Crippen molar-refractivity contribution in [3.63, 3.8) is 0 Å². The van der Waals surface area contributed by atoms with Gasteiger partial charge in [-0.15, -0.1) is 0 Å². The van der Waals surface area contributed by atoms with Crippen LogP contribution in [0.15, 0.2) is 18.2 Å². The molecule has 7 heteroatoms. The van der Waals surface area contributed by atoms with Gasteiger partial charge in [0.1, 0.15) is 5.56 Å². The van der Waals surface area contributed by atoms with E-state index >= 15 is 0 Å². The third-order valence-electron chi connectivity index (χ3n) is 2.41. The summed E-state index contributed by atoms with van der Waals surface area (Å²) in [5, 5.41) is 31.2. The molecule has 1 atom stereocenters. The minimum Gasteiger partial charge on any atom is -0.502 e. The number of hydrogen-bond donors (Lipinski definition) is 1. The second-order valence-electron chi connectivity index (χ2n) is 3.95. The van der Waals surface area contributed by atoms with Gasteiger partial charge in [0.25, 0.3) is 0 Å². The fraction of sp³-hybridized carbons (Fsp3) is 0.400. The average Bonchev–Trinajstić information content (AvgIpc) is 2.15. The van der Waals surface area contributed by atoms with Gasteiger partial charge in [0, 0.05) is 10.8 Å². The van der Waals surface area contributed by atoms with Gasteiger partial charge in [-0.3, -0.25) is 20.2 Å². The quantitative estimate of drug-likeness (QED) is 0.641. The first-order chi connectivity index (χ1) is 7.86. The maximum absolute atomic E-state index is 10.9. The number of hydrogen-bond acceptors (Lipinski definition) is 5. The fourth-order valence-corrected chi connectivity index (χ4v) is 1.70. The number of phenolic OH excluding ortho intramolecular Hbond substituents is 1. The standard InChI is InChI=1S/C10H12N2O5/c1-6(2)9(11(14)15)7-4-3-5-8(13)10(7)12(16)17/h3-6,9,13H,1-2H3. The summed E-state index contributed by atoms with van der Waals surface area (Å²) in [6.07, 6.45) is 0. The summed E-state index contributed by atoms with van der Waals surface area (Å²) in [5.74, 6) is -0.967. The lowest BCUT2D eigenvalue weighted by atomic mass is 9.95. The van der Waals surface area contributed by atoms with E-state index in [9.17, 15) is 25.3 Å². The first-order valence-electron chi connectivity index (χ1n) is 4.96. The van der Waals surface area contributed by atoms with Gasteiger partial charge in [-0.2, -0.15) is 0 Å². The zero-order valence-electron chi connectivity index (χ0n) is 9.36. The molecule has 0 aromatic heterocycles. The zero-order valence-corrected chi connectivity index (χ0v) is 9.36. The van der Waals surface area contributed by atoms with E-state index in [1.165, 1.54) is 12.1 Å². The molecule has 0 amide bonds. The summed E-state index contributed by atoms with van der Waals surface area (Å²) in [7, 11) is 0. The van der Waals surface area contributed by atoms with Crippen LogP contribution in [0.1, 0.15) is 25.5 Å². The van der Waals surface area contributed by atoms with Gasteiger partial charge in [-0.1, -0.05) is 19.9 Å². The summed E-state index contributed by atoms with van der Waals surface area (Å²) in [6.45, 7) is 3.20. The summed E-state index contributed by atoms with van der Waals surface area (Å²) in [6, 6.07) is 2.59. The van der Waals surface area contributed by atoms with Gasteiger partial charge in [0.15, 0.2) is 5.75 Å². The van der Waals surface area contributed by atoms with Crippen molar-refractivity contribution in [2.24, 2.45) is 5.92 Å². The molecule has 0 fully saturated rings. The molecule has 1 aromatic carbocycles. The van der Waals surface area contributed by atoms with Gasteiger partial charge in [-0.25, -0.2) is 0 Å². The monoisotopic (exact) mass is 240 g/mol. The Morgan fingerprint density at radius 1 is 1.24 bits per heavy atom. The largest absolute Gasteiger partial charge is 0.502 e. The molecular formula is C10H12N2O5. The summed E-state index contributed by atoms with van der Waals surface area (Å²) in [5.41, 5.74) is -0.669. The van der Waals surface area contributed by atoms with Crippen LogP contribution in [0.2, 0.25) is 0 Å². The predicted octanol–water partition coefficient (Wildman–Crippen LogP) is 2.27. The number of rotatable bonds is 4. The molecule has 0 aliphatic carbocycles. The maximum atomic E-state index is 10.9. The number of phenols is 1. The number of benzene rings is 1. The van der Waals surface area contributed by atoms with Gasteiger partial charge in [-0.05, 0) is 12.1 Å². The molecular weight excluding hydrogens is 228 g/mol. The van der Waals surface area contributed by atoms with Gasteiger partial charge in [0.2, 0.25) is 6.04 Å². The van der Waals surface area contributed by atoms with E-state index < -0.39 is 33.2 Å². The minimum atomic E-state index is -1.21. The number of nitrogens with zero attached hydrogens (tertiary/aromatic N) is 2. The lowest BCUT2D eigenvalue weighted by Gasteiger charge is -2.13. The van der Waals surface area contributed by atoms with Gasteiger partial charge < -0.3 is 5.11 Å². The third-order valence-corrected chi connectivity index (χ3v) is 2.41. The van der Waals surface area contributed by atoms with Gasteiger partial charge in [0.05, 0.1) is 4.92 Å². The Bertz CT molecular complexity index is 458. The summed E-state index contributed by atoms with van der Waals surface area (Å²) < 4.78 is 0. The molecule has 0 bridgehead atoms. The van der Waals surface area contributed by atoms with E-state index in [4.69, 9.17) is 0 Å². The van der Waals surface area contributed by atoms with E-state index in [2.05, 4.69) is 0 Å². The van der Waals surface area contributed by atoms with Crippen molar-refractivity contribution in [3.8, 4) is 5.75 Å². The van der Waals surface area contributed by atoms with Crippen molar-refractivity contribution in [2.75, 3.05) is 0 Å². The molecule has 1 aromatic rings. The highest BCUT2D eigenvalue weighted by Gasteiger charge is 2.35. The molecule has 1 unspecified atom stereocenters. The lowest BCUT2D eigenvalue weighted by Crippen LogP contribution is -2.18. The van der Waals surface area contributed by atoms with Crippen LogP contribution in [-0.2, 0) is 0 Å². The lowest BCUT2D eigenvalue weighted by molar-refractivity contribution is -0.539. The molecule has 0 saturated heterocycles. The first-order valence-corrected chi connectivity index (χ1v) is 4.96. The Morgan fingerprint density at radius 3 is 2.24 bits per heavy atom. The SMILES string of the molecule is CC(C)C(c1cccc(O)c1[N+](=O)[O-])[N+](=O)[O-]. The molecule has 17 heavy (non-hydrogen) atoms. The molecule has 7 nitrogen and oxygen atoms in total. The summed E-state index contributed by atoms with van der Waals surface area (Å²) in [4.78, 5) is 20.4. The smallest absolute Gasteiger partial charge is 0.320 e. The van der Waals surface area contributed by atoms with Crippen LogP contribution in [0.4, 0.5) is 5.69 Å². The van der Waals surface area contributed by atoms with Crippen LogP contribution < -0.4 is 0 Å². The van der Waals surface area contributed by atoms with Crippen molar-refractivity contribution in [1.29, 1.82) is 0 Å². The Morgan fingerprint density at radius 2 is 1.82 bits per heavy atom. The Hall–Kier alpha value is -2.18. The maximum Gasteiger partial charge on any atom is 0.320 e. The topological polar surface area (TPSA) is 107 Å². The van der Waals surface area contributed by atoms with Crippen molar-refractivity contribution >= 4 is 5.69 Å². The predicted molar refractivity (Wildman–Crippen MR) is 59.3 cm³/mol. The van der Waals surface area contributed by atoms with Crippen LogP contribution in [0.25, 0.3) is 0 Å². The highest BCUT2D eigenvalue weighted by molar-refractivity contribution is 5.52. The van der Waals surface area contributed by atoms with Crippen molar-refractivity contribution < 1.29 is 15.0 Å². The minimum absolute atomic E-state index is 0.0741. The van der Waals surface area contributed by atoms with Crippen molar-refractivity contribution in [1.82, 2.24) is 0 Å². The number of nitro benzene ring substituents is 1. The van der Waals surface area contributed by atoms with Crippen LogP contribution in [0, 0.1) is 26.1 Å². The normalized spacial score (nSPS) is 12.4. The Balaban J connectivity index is 3.43.